The number of carbonyl (C=O) groups is 1. The molecule has 1 saturated heterocycles. The molecule has 3 heterocycles. The van der Waals surface area contributed by atoms with Crippen molar-refractivity contribution < 1.29 is 9.21 Å². The predicted molar refractivity (Wildman–Crippen MR) is 90.7 cm³/mol. The van der Waals surface area contributed by atoms with Crippen molar-refractivity contribution in [3.8, 4) is 0 Å². The molecule has 1 amide bonds. The monoisotopic (exact) mass is 329 g/mol. The van der Waals surface area contributed by atoms with Gasteiger partial charge in [0.15, 0.2) is 0 Å². The van der Waals surface area contributed by atoms with E-state index in [2.05, 4.69) is 15.2 Å². The van der Waals surface area contributed by atoms with Crippen molar-refractivity contribution in [1.29, 1.82) is 0 Å². The summed E-state index contributed by atoms with van der Waals surface area (Å²) in [7, 11) is 0. The molecule has 3 rings (SSSR count). The number of hydrogen-bond donors (Lipinski definition) is 2. The Balaban J connectivity index is 1.42. The number of H-pyrrole nitrogens is 1. The fourth-order valence-corrected chi connectivity index (χ4v) is 3.20. The summed E-state index contributed by atoms with van der Waals surface area (Å²) in [6, 6.07) is 6.83. The number of nitrogens with zero attached hydrogens (tertiary/aromatic N) is 1. The highest BCUT2D eigenvalue weighted by molar-refractivity contribution is 5.93. The zero-order chi connectivity index (χ0) is 16.8. The third kappa shape index (κ3) is 4.58. The van der Waals surface area contributed by atoms with Crippen LogP contribution in [0.4, 0.5) is 0 Å². The molecule has 6 heteroatoms. The van der Waals surface area contributed by atoms with Gasteiger partial charge in [-0.2, -0.15) is 0 Å². The topological polar surface area (TPSA) is 78.3 Å². The molecule has 0 aromatic carbocycles. The Kier molecular flexibility index (Phi) is 5.48. The van der Waals surface area contributed by atoms with E-state index in [-0.39, 0.29) is 11.5 Å². The molecule has 0 aliphatic carbocycles. The van der Waals surface area contributed by atoms with E-state index in [1.165, 1.54) is 25.1 Å². The van der Waals surface area contributed by atoms with E-state index >= 15 is 0 Å². The van der Waals surface area contributed by atoms with Crippen molar-refractivity contribution >= 4 is 5.91 Å². The zero-order valence-corrected chi connectivity index (χ0v) is 13.7. The Bertz CT molecular complexity index is 688. The van der Waals surface area contributed by atoms with Crippen molar-refractivity contribution in [3.05, 3.63) is 58.4 Å². The largest absolute Gasteiger partial charge is 0.468 e. The van der Waals surface area contributed by atoms with Crippen molar-refractivity contribution in [3.63, 3.8) is 0 Å². The van der Waals surface area contributed by atoms with Crippen molar-refractivity contribution in [2.75, 3.05) is 19.6 Å². The van der Waals surface area contributed by atoms with E-state index in [0.717, 1.165) is 31.8 Å². The number of rotatable bonds is 6. The third-order valence-electron chi connectivity index (χ3n) is 4.45. The first-order chi connectivity index (χ1) is 11.7. The SMILES string of the molecule is O=C(NCCC1CCCN(Cc2ccco2)C1)c1ccc(=O)[nH]c1. The number of carbonyl (C=O) groups excluding carboxylic acids is 1. The molecule has 1 unspecified atom stereocenters. The second-order valence-electron chi connectivity index (χ2n) is 6.31. The van der Waals surface area contributed by atoms with Gasteiger partial charge in [0.05, 0.1) is 18.4 Å². The van der Waals surface area contributed by atoms with Crippen LogP contribution in [0.5, 0.6) is 0 Å². The van der Waals surface area contributed by atoms with Gasteiger partial charge in [-0.05, 0) is 49.9 Å². The number of pyridine rings is 1. The molecule has 1 aliphatic rings. The first kappa shape index (κ1) is 16.5. The molecule has 0 saturated carbocycles. The summed E-state index contributed by atoms with van der Waals surface area (Å²) in [5.74, 6) is 1.45. The number of aromatic amines is 1. The van der Waals surface area contributed by atoms with Crippen molar-refractivity contribution in [1.82, 2.24) is 15.2 Å². The fourth-order valence-electron chi connectivity index (χ4n) is 3.20. The maximum absolute atomic E-state index is 12.0. The Labute approximate surface area is 140 Å². The zero-order valence-electron chi connectivity index (χ0n) is 13.7. The molecule has 2 N–H and O–H groups in total. The molecular formula is C18H23N3O3. The fraction of sp³-hybridized carbons (Fsp3) is 0.444. The van der Waals surface area contributed by atoms with Crippen LogP contribution in [-0.4, -0.2) is 35.4 Å². The van der Waals surface area contributed by atoms with Gasteiger partial charge in [0.2, 0.25) is 5.56 Å². The van der Waals surface area contributed by atoms with Crippen LogP contribution in [0.1, 0.15) is 35.4 Å². The number of furan rings is 1. The highest BCUT2D eigenvalue weighted by Crippen LogP contribution is 2.21. The van der Waals surface area contributed by atoms with Gasteiger partial charge >= 0.3 is 0 Å². The summed E-state index contributed by atoms with van der Waals surface area (Å²) in [6.07, 6.45) is 6.50. The molecule has 6 nitrogen and oxygen atoms in total. The first-order valence-corrected chi connectivity index (χ1v) is 8.42. The molecule has 24 heavy (non-hydrogen) atoms. The van der Waals surface area contributed by atoms with Gasteiger partial charge in [-0.3, -0.25) is 14.5 Å². The van der Waals surface area contributed by atoms with Crippen LogP contribution in [-0.2, 0) is 6.54 Å². The predicted octanol–water partition coefficient (Wildman–Crippen LogP) is 2.00. The molecule has 0 bridgehead atoms. The third-order valence-corrected chi connectivity index (χ3v) is 4.45. The number of piperidine rings is 1. The minimum Gasteiger partial charge on any atom is -0.468 e. The maximum Gasteiger partial charge on any atom is 0.252 e. The van der Waals surface area contributed by atoms with Crippen molar-refractivity contribution in [2.24, 2.45) is 5.92 Å². The molecule has 1 aliphatic heterocycles. The Hall–Kier alpha value is -2.34. The maximum atomic E-state index is 12.0. The molecule has 2 aromatic rings. The lowest BCUT2D eigenvalue weighted by Crippen LogP contribution is -2.36. The molecule has 2 aromatic heterocycles. The van der Waals surface area contributed by atoms with E-state index in [9.17, 15) is 9.59 Å². The second kappa shape index (κ2) is 7.97. The minimum absolute atomic E-state index is 0.144. The number of amides is 1. The summed E-state index contributed by atoms with van der Waals surface area (Å²) in [4.78, 5) is 28.0. The second-order valence-corrected chi connectivity index (χ2v) is 6.31. The lowest BCUT2D eigenvalue weighted by Gasteiger charge is -2.32. The lowest BCUT2D eigenvalue weighted by molar-refractivity contribution is 0.0945. The quantitative estimate of drug-likeness (QED) is 0.850. The number of likely N-dealkylation sites (tertiary alicyclic amines) is 1. The summed E-state index contributed by atoms with van der Waals surface area (Å²) in [6.45, 7) is 3.64. The van der Waals surface area contributed by atoms with E-state index < -0.39 is 0 Å². The summed E-state index contributed by atoms with van der Waals surface area (Å²) < 4.78 is 5.42. The molecule has 0 radical (unpaired) electrons. The van der Waals surface area contributed by atoms with Crippen LogP contribution in [0.2, 0.25) is 0 Å². The molecule has 0 spiro atoms. The summed E-state index contributed by atoms with van der Waals surface area (Å²) in [5.41, 5.74) is 0.281. The van der Waals surface area contributed by atoms with E-state index in [1.54, 1.807) is 12.3 Å². The van der Waals surface area contributed by atoms with Crippen LogP contribution < -0.4 is 10.9 Å². The Morgan fingerprint density at radius 2 is 2.29 bits per heavy atom. The smallest absolute Gasteiger partial charge is 0.252 e. The average molecular weight is 329 g/mol. The molecular weight excluding hydrogens is 306 g/mol. The van der Waals surface area contributed by atoms with Crippen LogP contribution in [0, 0.1) is 5.92 Å². The van der Waals surface area contributed by atoms with E-state index in [1.807, 2.05) is 12.1 Å². The normalized spacial score (nSPS) is 18.4. The number of hydrogen-bond acceptors (Lipinski definition) is 4. The van der Waals surface area contributed by atoms with Gasteiger partial charge in [0.1, 0.15) is 5.76 Å². The summed E-state index contributed by atoms with van der Waals surface area (Å²) in [5, 5.41) is 2.93. The van der Waals surface area contributed by atoms with Crippen LogP contribution in [0.3, 0.4) is 0 Å². The molecule has 128 valence electrons. The van der Waals surface area contributed by atoms with Gasteiger partial charge in [-0.15, -0.1) is 0 Å². The van der Waals surface area contributed by atoms with Gasteiger partial charge < -0.3 is 14.7 Å². The minimum atomic E-state index is -0.203. The summed E-state index contributed by atoms with van der Waals surface area (Å²) >= 11 is 0. The first-order valence-electron chi connectivity index (χ1n) is 8.42. The lowest BCUT2D eigenvalue weighted by atomic mass is 9.94. The molecule has 1 atom stereocenters. The Morgan fingerprint density at radius 1 is 1.38 bits per heavy atom. The van der Waals surface area contributed by atoms with Gasteiger partial charge in [-0.1, -0.05) is 0 Å². The van der Waals surface area contributed by atoms with Gasteiger partial charge in [0, 0.05) is 25.4 Å². The van der Waals surface area contributed by atoms with Crippen LogP contribution in [0.25, 0.3) is 0 Å². The molecule has 1 fully saturated rings. The standard InChI is InChI=1S/C18H23N3O3/c22-17-6-5-15(11-20-17)18(23)19-8-7-14-3-1-9-21(12-14)13-16-4-2-10-24-16/h2,4-6,10-11,14H,1,3,7-9,12-13H2,(H,19,23)(H,20,22). The van der Waals surface area contributed by atoms with Crippen LogP contribution >= 0.6 is 0 Å². The number of nitrogens with one attached hydrogen (secondary N) is 2. The van der Waals surface area contributed by atoms with Crippen molar-refractivity contribution in [2.45, 2.75) is 25.8 Å². The Morgan fingerprint density at radius 3 is 3.04 bits per heavy atom. The van der Waals surface area contributed by atoms with E-state index in [4.69, 9.17) is 4.42 Å². The van der Waals surface area contributed by atoms with Gasteiger partial charge in [0.25, 0.3) is 5.91 Å². The highest BCUT2D eigenvalue weighted by Gasteiger charge is 2.20. The van der Waals surface area contributed by atoms with Gasteiger partial charge in [-0.25, -0.2) is 0 Å². The highest BCUT2D eigenvalue weighted by atomic mass is 16.3. The number of aromatic nitrogens is 1. The van der Waals surface area contributed by atoms with E-state index in [0.29, 0.717) is 18.0 Å². The average Bonchev–Trinajstić information content (AvgIpc) is 3.09. The van der Waals surface area contributed by atoms with Crippen LogP contribution in [0.15, 0.2) is 45.9 Å².